The first-order chi connectivity index (χ1) is 27.6. The fraction of sp³-hybridized carbons (Fsp3) is 0.829. The first-order valence-electron chi connectivity index (χ1n) is 21.1. The van der Waals surface area contributed by atoms with Gasteiger partial charge in [-0.2, -0.15) is 0 Å². The Labute approximate surface area is 383 Å². The van der Waals surface area contributed by atoms with Gasteiger partial charge in [0.1, 0.15) is 6.04 Å². The van der Waals surface area contributed by atoms with Crippen LogP contribution in [0.4, 0.5) is 0 Å². The number of carbonyl (C=O) groups is 7. The fourth-order valence-electron chi connectivity index (χ4n) is 12.1. The van der Waals surface area contributed by atoms with E-state index in [2.05, 4.69) is 26.1 Å². The van der Waals surface area contributed by atoms with E-state index < -0.39 is 74.1 Å². The van der Waals surface area contributed by atoms with Gasteiger partial charge < -0.3 is 41.1 Å². The number of carbonyl (C=O) groups excluding carboxylic acids is 1. The number of hydrogen-bond donors (Lipinski definition) is 8. The van der Waals surface area contributed by atoms with Crippen LogP contribution in [0.15, 0.2) is 0 Å². The summed E-state index contributed by atoms with van der Waals surface area (Å²) >= 11 is 0. The van der Waals surface area contributed by atoms with E-state index in [1.807, 2.05) is 0 Å². The molecule has 0 heterocycles. The molecule has 0 saturated heterocycles. The zero-order valence-corrected chi connectivity index (χ0v) is 37.3. The number of nitrogens with zero attached hydrogens (tertiary/aromatic N) is 3. The van der Waals surface area contributed by atoms with Crippen LogP contribution in [0.25, 0.3) is 0 Å². The second-order valence-electron chi connectivity index (χ2n) is 18.3. The molecule has 0 aliphatic heterocycles. The Morgan fingerprint density at radius 3 is 1.72 bits per heavy atom. The second kappa shape index (κ2) is 22.7. The van der Waals surface area contributed by atoms with Crippen molar-refractivity contribution in [1.29, 1.82) is 0 Å². The van der Waals surface area contributed by atoms with Gasteiger partial charge in [0, 0.05) is 45.1 Å². The summed E-state index contributed by atoms with van der Waals surface area (Å²) in [6, 6.07) is -1.43. The summed E-state index contributed by atoms with van der Waals surface area (Å²) in [6.07, 6.45) is 7.09. The molecule has 19 heteroatoms. The molecule has 18 nitrogen and oxygen atoms in total. The van der Waals surface area contributed by atoms with Gasteiger partial charge in [0.2, 0.25) is 5.91 Å². The first-order valence-corrected chi connectivity index (χ1v) is 21.1. The van der Waals surface area contributed by atoms with Crippen molar-refractivity contribution in [2.75, 3.05) is 52.4 Å². The first kappa shape index (κ1) is 51.8. The van der Waals surface area contributed by atoms with Crippen molar-refractivity contribution in [3.8, 4) is 0 Å². The van der Waals surface area contributed by atoms with Crippen molar-refractivity contribution in [3.05, 3.63) is 0 Å². The quantitative estimate of drug-likeness (QED) is 0.0687. The van der Waals surface area contributed by atoms with Crippen molar-refractivity contribution >= 4 is 41.7 Å². The molecule has 1 radical (unpaired) electrons. The zero-order chi connectivity index (χ0) is 43.8. The molecule has 4 saturated carbocycles. The molecule has 4 fully saturated rings. The summed E-state index contributed by atoms with van der Waals surface area (Å²) in [5.41, 5.74) is -0.262. The van der Waals surface area contributed by atoms with E-state index in [0.29, 0.717) is 36.5 Å². The molecular formula is C41H66GdN4O14+3. The Morgan fingerprint density at radius 1 is 0.667 bits per heavy atom. The SMILES string of the molecule is CC(CCC(=O)O)C1CCC2C3CCC4CC(NC(=O)CCC(C(=O)O)N(CCN(CC(=O)O)CC(=O)O)CCN(CC(=O)O)CC(=O)O)CCC4(C)C3CC(O)C12C.[Gd+3]. The van der Waals surface area contributed by atoms with Crippen molar-refractivity contribution in [1.82, 2.24) is 20.0 Å². The molecule has 4 aliphatic rings. The molecule has 0 aromatic rings. The normalized spacial score (nSPS) is 30.6. The third-order valence-electron chi connectivity index (χ3n) is 14.9. The number of nitrogens with one attached hydrogen (secondary N) is 1. The van der Waals surface area contributed by atoms with Gasteiger partial charge in [0.25, 0.3) is 0 Å². The summed E-state index contributed by atoms with van der Waals surface area (Å²) < 4.78 is 0. The summed E-state index contributed by atoms with van der Waals surface area (Å²) in [5, 5.41) is 71.8. The molecule has 339 valence electrons. The minimum absolute atomic E-state index is 0. The predicted octanol–water partition coefficient (Wildman–Crippen LogP) is 2.08. The van der Waals surface area contributed by atoms with Gasteiger partial charge in [-0.05, 0) is 111 Å². The van der Waals surface area contributed by atoms with E-state index >= 15 is 0 Å². The van der Waals surface area contributed by atoms with Gasteiger partial charge >= 0.3 is 75.8 Å². The largest absolute Gasteiger partial charge is 3.00 e. The van der Waals surface area contributed by atoms with Gasteiger partial charge in [-0.25, -0.2) is 0 Å². The van der Waals surface area contributed by atoms with E-state index in [1.54, 1.807) is 0 Å². The molecule has 1 amide bonds. The topological polar surface area (TPSA) is 283 Å². The summed E-state index contributed by atoms with van der Waals surface area (Å²) in [7, 11) is 0. The molecular weight excluding hydrogens is 930 g/mol. The van der Waals surface area contributed by atoms with Crippen LogP contribution >= 0.6 is 0 Å². The Bertz CT molecular complexity index is 1480. The number of hydrogen-bond acceptors (Lipinski definition) is 11. The van der Waals surface area contributed by atoms with Crippen LogP contribution in [0.3, 0.4) is 0 Å². The number of aliphatic carboxylic acids is 6. The van der Waals surface area contributed by atoms with Crippen LogP contribution < -0.4 is 5.32 Å². The molecule has 4 rings (SSSR count). The van der Waals surface area contributed by atoms with E-state index in [4.69, 9.17) is 0 Å². The predicted molar refractivity (Wildman–Crippen MR) is 210 cm³/mol. The monoisotopic (exact) mass is 996 g/mol. The zero-order valence-electron chi connectivity index (χ0n) is 35.0. The number of aliphatic hydroxyl groups excluding tert-OH is 1. The standard InChI is InChI=1S/C41H66N4O14.Gd/c1-24(4-11-34(48)49)28-7-8-29-27-6-5-25-18-26(12-13-40(25,2)30(27)19-32(46)41(28,29)3)42-33(47)10-9-31(39(58)59)45(16-14-43(20-35(50)51)21-36(52)53)17-15-44(22-37(54)55)23-38(56)57;/h24-32,46H,4-23H2,1-3H3,(H,42,47)(H,48,49)(H,50,51)(H,52,53)(H,54,55)(H,56,57)(H,58,59);/q;+3. The number of carboxylic acids is 6. The number of amides is 1. The number of aliphatic hydroxyl groups is 1. The van der Waals surface area contributed by atoms with E-state index in [0.717, 1.165) is 54.7 Å². The minimum atomic E-state index is -1.31. The fourth-order valence-corrected chi connectivity index (χ4v) is 12.1. The molecule has 11 atom stereocenters. The average Bonchev–Trinajstić information content (AvgIpc) is 3.49. The van der Waals surface area contributed by atoms with E-state index in [-0.39, 0.29) is 120 Å². The Kier molecular flexibility index (Phi) is 19.6. The maximum absolute atomic E-state index is 13.5. The molecule has 8 N–H and O–H groups in total. The van der Waals surface area contributed by atoms with Crippen LogP contribution in [-0.4, -0.2) is 163 Å². The van der Waals surface area contributed by atoms with Crippen molar-refractivity contribution in [3.63, 3.8) is 0 Å². The minimum Gasteiger partial charge on any atom is -0.481 e. The number of rotatable bonds is 24. The Hall–Kier alpha value is -2.55. The molecule has 0 aromatic heterocycles. The summed E-state index contributed by atoms with van der Waals surface area (Å²) in [6.45, 7) is 3.51. The van der Waals surface area contributed by atoms with Crippen LogP contribution in [0.5, 0.6) is 0 Å². The molecule has 4 aliphatic carbocycles. The second-order valence-corrected chi connectivity index (χ2v) is 18.3. The maximum atomic E-state index is 13.5. The summed E-state index contributed by atoms with van der Waals surface area (Å²) in [5.74, 6) is -5.61. The van der Waals surface area contributed by atoms with Crippen LogP contribution in [0.2, 0.25) is 0 Å². The molecule has 60 heavy (non-hydrogen) atoms. The number of carboxylic acid groups (broad SMARTS) is 6. The van der Waals surface area contributed by atoms with Gasteiger partial charge in [-0.15, -0.1) is 0 Å². The van der Waals surface area contributed by atoms with Crippen LogP contribution in [-0.2, 0) is 33.6 Å². The number of fused-ring (bicyclic) bond motifs is 5. The van der Waals surface area contributed by atoms with Crippen molar-refractivity contribution in [2.45, 2.75) is 116 Å². The van der Waals surface area contributed by atoms with Crippen LogP contribution in [0, 0.1) is 86.3 Å². The smallest absolute Gasteiger partial charge is 0.481 e. The van der Waals surface area contributed by atoms with E-state index in [9.17, 15) is 69.3 Å². The molecule has 0 bridgehead atoms. The van der Waals surface area contributed by atoms with E-state index in [1.165, 1.54) is 4.90 Å². The Morgan fingerprint density at radius 2 is 1.22 bits per heavy atom. The van der Waals surface area contributed by atoms with Gasteiger partial charge in [0.05, 0.1) is 32.3 Å². The van der Waals surface area contributed by atoms with Gasteiger partial charge in [-0.1, -0.05) is 20.8 Å². The van der Waals surface area contributed by atoms with Crippen molar-refractivity contribution in [2.24, 2.45) is 46.3 Å². The Balaban J connectivity index is 0.00000961. The molecule has 0 spiro atoms. The third-order valence-corrected chi connectivity index (χ3v) is 14.9. The molecule has 0 aromatic carbocycles. The van der Waals surface area contributed by atoms with Crippen molar-refractivity contribution < 1.29 is 109 Å². The van der Waals surface area contributed by atoms with Gasteiger partial charge in [0.15, 0.2) is 0 Å². The third kappa shape index (κ3) is 13.2. The molecule has 11 unspecified atom stereocenters. The summed E-state index contributed by atoms with van der Waals surface area (Å²) in [4.78, 5) is 86.6. The van der Waals surface area contributed by atoms with Gasteiger partial charge in [-0.3, -0.25) is 48.3 Å². The average molecular weight is 996 g/mol. The van der Waals surface area contributed by atoms with Crippen LogP contribution in [0.1, 0.15) is 97.8 Å². The maximum Gasteiger partial charge on any atom is 3.00 e.